The van der Waals surface area contributed by atoms with E-state index in [1.165, 1.54) is 9.99 Å². The molecule has 0 aliphatic carbocycles. The zero-order chi connectivity index (χ0) is 9.52. The predicted octanol–water partition coefficient (Wildman–Crippen LogP) is 3.15. The average molecular weight is 288 g/mol. The molecule has 0 N–H and O–H groups in total. The summed E-state index contributed by atoms with van der Waals surface area (Å²) in [7, 11) is 4.28. The van der Waals surface area contributed by atoms with Crippen LogP contribution in [0.5, 0.6) is 0 Å². The third kappa shape index (κ3) is 5.05. The number of benzene rings is 1. The van der Waals surface area contributed by atoms with E-state index >= 15 is 0 Å². The monoisotopic (exact) mass is 288 g/mol. The third-order valence-corrected chi connectivity index (χ3v) is 3.77. The molecule has 1 nitrogen and oxygen atoms in total. The first-order valence-corrected chi connectivity index (χ1v) is 6.76. The second-order valence-corrected chi connectivity index (χ2v) is 6.36. The highest BCUT2D eigenvalue weighted by atomic mass is 127. The minimum Gasteiger partial charge on any atom is -0.262 e. The zero-order valence-corrected chi connectivity index (χ0v) is 10.2. The Hall–Kier alpha value is -0.350. The number of allylic oxidation sites excluding steroid dienone is 1. The highest BCUT2D eigenvalue weighted by Crippen LogP contribution is 2.13. The second-order valence-electron chi connectivity index (χ2n) is 2.87. The molecule has 0 bridgehead atoms. The quantitative estimate of drug-likeness (QED) is 0.467. The topological polar surface area (TPSA) is 3.24 Å². The van der Waals surface area contributed by atoms with Crippen LogP contribution in [0, 0.1) is 0 Å². The van der Waals surface area contributed by atoms with E-state index in [0.717, 1.165) is 0 Å². The van der Waals surface area contributed by atoms with Crippen LogP contribution in [0.4, 0.5) is 0 Å². The summed E-state index contributed by atoms with van der Waals surface area (Å²) in [6.45, 7) is 0. The summed E-state index contributed by atoms with van der Waals surface area (Å²) < 4.78 is 3.52. The van der Waals surface area contributed by atoms with Crippen LogP contribution in [0.1, 0.15) is 5.56 Å². The number of halogens is 1. The SMILES string of the molecule is CN(C)[I]CC=Cc1ccccc1. The van der Waals surface area contributed by atoms with Gasteiger partial charge >= 0.3 is 0 Å². The Labute approximate surface area is 91.1 Å². The van der Waals surface area contributed by atoms with Crippen LogP contribution in [0.3, 0.4) is 0 Å². The smallest absolute Gasteiger partial charge is 0.0231 e. The minimum atomic E-state index is 0.213. The molecule has 0 unspecified atom stereocenters. The first-order valence-electron chi connectivity index (χ1n) is 4.27. The summed E-state index contributed by atoms with van der Waals surface area (Å²) in [5.74, 6) is 0. The van der Waals surface area contributed by atoms with E-state index in [4.69, 9.17) is 0 Å². The number of hydrogen-bond donors (Lipinski definition) is 0. The molecule has 71 valence electrons. The van der Waals surface area contributed by atoms with Crippen molar-refractivity contribution in [3.63, 3.8) is 0 Å². The lowest BCUT2D eigenvalue weighted by Crippen LogP contribution is -1.96. The van der Waals surface area contributed by atoms with Crippen molar-refractivity contribution in [3.05, 3.63) is 42.0 Å². The van der Waals surface area contributed by atoms with Gasteiger partial charge in [-0.05, 0) is 19.7 Å². The van der Waals surface area contributed by atoms with E-state index < -0.39 is 0 Å². The van der Waals surface area contributed by atoms with Gasteiger partial charge in [-0.25, -0.2) is 0 Å². The maximum atomic E-state index is 2.30. The number of rotatable bonds is 4. The molecule has 0 aliphatic rings. The fourth-order valence-electron chi connectivity index (χ4n) is 0.923. The lowest BCUT2D eigenvalue weighted by molar-refractivity contribution is 0.758. The van der Waals surface area contributed by atoms with Crippen molar-refractivity contribution in [3.8, 4) is 0 Å². The van der Waals surface area contributed by atoms with Crippen LogP contribution in [0.25, 0.3) is 6.08 Å². The second kappa shape index (κ2) is 6.16. The van der Waals surface area contributed by atoms with Gasteiger partial charge in [-0.15, -0.1) is 0 Å². The van der Waals surface area contributed by atoms with E-state index in [9.17, 15) is 0 Å². The molecule has 0 amide bonds. The molecule has 0 heterocycles. The first-order chi connectivity index (χ1) is 6.29. The summed E-state index contributed by atoms with van der Waals surface area (Å²) in [5.41, 5.74) is 1.30. The molecule has 0 aromatic heterocycles. The summed E-state index contributed by atoms with van der Waals surface area (Å²) in [6.07, 6.45) is 4.46. The Morgan fingerprint density at radius 2 is 1.92 bits per heavy atom. The largest absolute Gasteiger partial charge is 0.262 e. The van der Waals surface area contributed by atoms with Gasteiger partial charge in [0.05, 0.1) is 0 Å². The van der Waals surface area contributed by atoms with Crippen LogP contribution in [-0.2, 0) is 0 Å². The summed E-state index contributed by atoms with van der Waals surface area (Å²) >= 11 is 0.213. The maximum Gasteiger partial charge on any atom is 0.0231 e. The van der Waals surface area contributed by atoms with E-state index in [-0.39, 0.29) is 21.5 Å². The highest BCUT2D eigenvalue weighted by molar-refractivity contribution is 14.2. The molecule has 0 spiro atoms. The fraction of sp³-hybridized carbons (Fsp3) is 0.273. The van der Waals surface area contributed by atoms with Crippen LogP contribution in [0.2, 0.25) is 0 Å². The van der Waals surface area contributed by atoms with Crippen molar-refractivity contribution in [2.45, 2.75) is 0 Å². The standard InChI is InChI=1S/C11H15IN/c1-13(2)12-10-6-9-11-7-4-3-5-8-11/h3-9H,10H2,1-2H3. The van der Waals surface area contributed by atoms with Gasteiger partial charge < -0.3 is 0 Å². The van der Waals surface area contributed by atoms with Crippen molar-refractivity contribution < 1.29 is 0 Å². The Kier molecular flexibility index (Phi) is 5.08. The van der Waals surface area contributed by atoms with Gasteiger partial charge in [-0.2, -0.15) is 0 Å². The number of hydrogen-bond acceptors (Lipinski definition) is 1. The molecule has 13 heavy (non-hydrogen) atoms. The molecule has 1 aromatic carbocycles. The number of nitrogens with zero attached hydrogens (tertiary/aromatic N) is 1. The Balaban J connectivity index is 2.33. The highest BCUT2D eigenvalue weighted by Gasteiger charge is 1.86. The van der Waals surface area contributed by atoms with Crippen molar-refractivity contribution >= 4 is 27.6 Å². The lowest BCUT2D eigenvalue weighted by atomic mass is 10.2. The molecule has 0 saturated carbocycles. The molecule has 0 saturated heterocycles. The molecule has 0 aliphatic heterocycles. The van der Waals surface area contributed by atoms with Crippen LogP contribution >= 0.6 is 21.5 Å². The van der Waals surface area contributed by atoms with E-state index in [1.807, 2.05) is 6.07 Å². The Bertz CT molecular complexity index is 254. The van der Waals surface area contributed by atoms with Crippen molar-refractivity contribution in [2.24, 2.45) is 0 Å². The lowest BCUT2D eigenvalue weighted by Gasteiger charge is -2.04. The van der Waals surface area contributed by atoms with E-state index in [1.54, 1.807) is 0 Å². The van der Waals surface area contributed by atoms with Gasteiger partial charge in [0.2, 0.25) is 0 Å². The van der Waals surface area contributed by atoms with E-state index in [0.29, 0.717) is 0 Å². The molecule has 1 rings (SSSR count). The van der Waals surface area contributed by atoms with Gasteiger partial charge in [-0.3, -0.25) is 3.11 Å². The van der Waals surface area contributed by atoms with Crippen LogP contribution in [-0.4, -0.2) is 21.6 Å². The van der Waals surface area contributed by atoms with Gasteiger partial charge in [0.15, 0.2) is 0 Å². The fourth-order valence-corrected chi connectivity index (χ4v) is 2.19. The molecule has 1 radical (unpaired) electrons. The molecule has 2 heteroatoms. The molecule has 0 fully saturated rings. The van der Waals surface area contributed by atoms with Gasteiger partial charge in [0, 0.05) is 4.43 Å². The molecule has 1 aromatic rings. The van der Waals surface area contributed by atoms with Gasteiger partial charge in [-0.1, -0.05) is 64.0 Å². The van der Waals surface area contributed by atoms with Gasteiger partial charge in [0.1, 0.15) is 0 Å². The van der Waals surface area contributed by atoms with E-state index in [2.05, 4.69) is 53.6 Å². The molecular weight excluding hydrogens is 273 g/mol. The summed E-state index contributed by atoms with van der Waals surface area (Å²) in [5, 5.41) is 0. The number of alkyl halides is 1. The predicted molar refractivity (Wildman–Crippen MR) is 68.1 cm³/mol. The van der Waals surface area contributed by atoms with Crippen molar-refractivity contribution in [1.82, 2.24) is 3.11 Å². The summed E-state index contributed by atoms with van der Waals surface area (Å²) in [6, 6.07) is 10.4. The molecular formula is C11H15IN. The summed E-state index contributed by atoms with van der Waals surface area (Å²) in [4.78, 5) is 0. The Morgan fingerprint density at radius 3 is 2.54 bits per heavy atom. The minimum absolute atomic E-state index is 0.213. The maximum absolute atomic E-state index is 2.30. The average Bonchev–Trinajstić information content (AvgIpc) is 2.14. The molecule has 0 atom stereocenters. The third-order valence-electron chi connectivity index (χ3n) is 1.51. The van der Waals surface area contributed by atoms with Gasteiger partial charge in [0.25, 0.3) is 0 Å². The van der Waals surface area contributed by atoms with Crippen molar-refractivity contribution in [1.29, 1.82) is 0 Å². The Morgan fingerprint density at radius 1 is 1.23 bits per heavy atom. The van der Waals surface area contributed by atoms with Crippen LogP contribution < -0.4 is 0 Å². The zero-order valence-electron chi connectivity index (χ0n) is 8.07. The normalized spacial score (nSPS) is 11.3. The van der Waals surface area contributed by atoms with Crippen molar-refractivity contribution in [2.75, 3.05) is 18.5 Å². The first kappa shape index (κ1) is 10.7. The van der Waals surface area contributed by atoms with Crippen LogP contribution in [0.15, 0.2) is 36.4 Å².